The lowest BCUT2D eigenvalue weighted by atomic mass is 10.1. The minimum absolute atomic E-state index is 0.0971. The van der Waals surface area contributed by atoms with Gasteiger partial charge in [-0.05, 0) is 25.1 Å². The van der Waals surface area contributed by atoms with Crippen LogP contribution in [0, 0.1) is 11.6 Å². The van der Waals surface area contributed by atoms with Gasteiger partial charge in [0, 0.05) is 0 Å². The van der Waals surface area contributed by atoms with E-state index in [1.54, 1.807) is 6.92 Å². The summed E-state index contributed by atoms with van der Waals surface area (Å²) >= 11 is 2.79. The normalized spacial score (nSPS) is 12.0. The number of halogens is 3. The van der Waals surface area contributed by atoms with Gasteiger partial charge >= 0.3 is 5.97 Å². The van der Waals surface area contributed by atoms with Crippen molar-refractivity contribution in [1.29, 1.82) is 0 Å². The molecule has 0 radical (unpaired) electrons. The molecule has 0 heterocycles. The van der Waals surface area contributed by atoms with Crippen molar-refractivity contribution in [1.82, 2.24) is 0 Å². The summed E-state index contributed by atoms with van der Waals surface area (Å²) in [7, 11) is 0. The Balaban J connectivity index is 2.96. The van der Waals surface area contributed by atoms with Crippen molar-refractivity contribution in [3.05, 3.63) is 35.4 Å². The van der Waals surface area contributed by atoms with Gasteiger partial charge in [-0.3, -0.25) is 9.59 Å². The van der Waals surface area contributed by atoms with Gasteiger partial charge in [0.2, 0.25) is 0 Å². The van der Waals surface area contributed by atoms with E-state index in [0.29, 0.717) is 0 Å². The maximum absolute atomic E-state index is 13.3. The third-order valence-electron chi connectivity index (χ3n) is 1.92. The number of Topliss-reactive ketones (excluding diaryl/α,β-unsaturated/α-hetero) is 1. The van der Waals surface area contributed by atoms with Crippen molar-refractivity contribution < 1.29 is 23.1 Å². The molecule has 0 saturated carbocycles. The molecule has 0 aliphatic rings. The van der Waals surface area contributed by atoms with E-state index < -0.39 is 33.8 Å². The average Bonchev–Trinajstić information content (AvgIpc) is 2.30. The van der Waals surface area contributed by atoms with Crippen LogP contribution in [-0.2, 0) is 9.53 Å². The number of ether oxygens (including phenoxy) is 1. The summed E-state index contributed by atoms with van der Waals surface area (Å²) in [4.78, 5) is 21.6. The molecule has 0 spiro atoms. The van der Waals surface area contributed by atoms with Crippen molar-refractivity contribution in [3.63, 3.8) is 0 Å². The Bertz CT molecular complexity index is 448. The quantitative estimate of drug-likeness (QED) is 0.371. The van der Waals surface area contributed by atoms with Crippen molar-refractivity contribution in [2.45, 2.75) is 11.8 Å². The van der Waals surface area contributed by atoms with Crippen LogP contribution in [-0.4, -0.2) is 23.2 Å². The van der Waals surface area contributed by atoms with Crippen molar-refractivity contribution in [2.75, 3.05) is 6.61 Å². The molecule has 0 amide bonds. The van der Waals surface area contributed by atoms with Crippen LogP contribution in [0.5, 0.6) is 0 Å². The second-order valence-electron chi connectivity index (χ2n) is 3.10. The first-order valence-electron chi connectivity index (χ1n) is 4.77. The van der Waals surface area contributed by atoms with E-state index in [2.05, 4.69) is 20.7 Å². The zero-order valence-corrected chi connectivity index (χ0v) is 10.5. The number of carbonyl (C=O) groups excluding carboxylic acids is 2. The second kappa shape index (κ2) is 5.86. The van der Waals surface area contributed by atoms with Crippen molar-refractivity contribution in [2.24, 2.45) is 0 Å². The van der Waals surface area contributed by atoms with Crippen LogP contribution in [0.25, 0.3) is 0 Å². The lowest BCUT2D eigenvalue weighted by Crippen LogP contribution is -2.27. The van der Waals surface area contributed by atoms with Crippen LogP contribution >= 0.6 is 15.9 Å². The zero-order chi connectivity index (χ0) is 13.0. The summed E-state index contributed by atoms with van der Waals surface area (Å²) < 4.78 is 30.7. The SMILES string of the molecule is CCOC(=O)[C@@H](Br)C(=O)c1cc(F)ccc1F. The van der Waals surface area contributed by atoms with E-state index in [1.807, 2.05) is 0 Å². The third kappa shape index (κ3) is 3.33. The Labute approximate surface area is 105 Å². The summed E-state index contributed by atoms with van der Waals surface area (Å²) in [5.41, 5.74) is -0.486. The molecular weight excluding hydrogens is 298 g/mol. The summed E-state index contributed by atoms with van der Waals surface area (Å²) in [6, 6.07) is 2.46. The molecule has 0 aliphatic heterocycles. The monoisotopic (exact) mass is 306 g/mol. The predicted molar refractivity (Wildman–Crippen MR) is 60.0 cm³/mol. The first kappa shape index (κ1) is 13.8. The molecule has 3 nitrogen and oxygen atoms in total. The smallest absolute Gasteiger partial charge is 0.327 e. The predicted octanol–water partition coefficient (Wildman–Crippen LogP) is 2.47. The van der Waals surface area contributed by atoms with Crippen LogP contribution in [0.15, 0.2) is 18.2 Å². The topological polar surface area (TPSA) is 43.4 Å². The molecule has 6 heteroatoms. The minimum Gasteiger partial charge on any atom is -0.465 e. The molecule has 92 valence electrons. The van der Waals surface area contributed by atoms with E-state index in [1.165, 1.54) is 0 Å². The summed E-state index contributed by atoms with van der Waals surface area (Å²) in [5, 5.41) is 0. The van der Waals surface area contributed by atoms with Crippen LogP contribution in [0.2, 0.25) is 0 Å². The molecule has 0 aromatic heterocycles. The molecule has 1 atom stereocenters. The highest BCUT2D eigenvalue weighted by Crippen LogP contribution is 2.16. The fourth-order valence-electron chi connectivity index (χ4n) is 1.15. The fraction of sp³-hybridized carbons (Fsp3) is 0.273. The van der Waals surface area contributed by atoms with Gasteiger partial charge in [0.05, 0.1) is 12.2 Å². The number of benzene rings is 1. The average molecular weight is 307 g/mol. The maximum Gasteiger partial charge on any atom is 0.327 e. The standard InChI is InChI=1S/C11H9BrF2O3/c1-2-17-11(16)9(12)10(15)7-5-6(13)3-4-8(7)14/h3-5,9H,2H2,1H3/t9-/m0/s1. The fourth-order valence-corrected chi connectivity index (χ4v) is 1.52. The van der Waals surface area contributed by atoms with E-state index >= 15 is 0 Å². The molecule has 1 aromatic rings. The number of hydrogen-bond donors (Lipinski definition) is 0. The molecule has 0 aliphatic carbocycles. The van der Waals surface area contributed by atoms with E-state index in [9.17, 15) is 18.4 Å². The number of carbonyl (C=O) groups is 2. The van der Waals surface area contributed by atoms with E-state index in [0.717, 1.165) is 18.2 Å². The van der Waals surface area contributed by atoms with Crippen LogP contribution in [0.3, 0.4) is 0 Å². The molecule has 17 heavy (non-hydrogen) atoms. The van der Waals surface area contributed by atoms with Gasteiger partial charge in [-0.2, -0.15) is 0 Å². The largest absolute Gasteiger partial charge is 0.465 e. The van der Waals surface area contributed by atoms with Crippen LogP contribution in [0.1, 0.15) is 17.3 Å². The Morgan fingerprint density at radius 2 is 2.06 bits per heavy atom. The van der Waals surface area contributed by atoms with Gasteiger partial charge in [-0.1, -0.05) is 15.9 Å². The van der Waals surface area contributed by atoms with Gasteiger partial charge in [-0.15, -0.1) is 0 Å². The first-order valence-corrected chi connectivity index (χ1v) is 5.69. The molecule has 0 N–H and O–H groups in total. The van der Waals surface area contributed by atoms with Crippen molar-refractivity contribution in [3.8, 4) is 0 Å². The van der Waals surface area contributed by atoms with Crippen LogP contribution < -0.4 is 0 Å². The van der Waals surface area contributed by atoms with Crippen LogP contribution in [0.4, 0.5) is 8.78 Å². The number of esters is 1. The number of hydrogen-bond acceptors (Lipinski definition) is 3. The van der Waals surface area contributed by atoms with Gasteiger partial charge < -0.3 is 4.74 Å². The lowest BCUT2D eigenvalue weighted by molar-refractivity contribution is -0.141. The number of ketones is 1. The summed E-state index contributed by atoms with van der Waals surface area (Å²) in [6.07, 6.45) is 0. The molecule has 0 saturated heterocycles. The number of alkyl halides is 1. The van der Waals surface area contributed by atoms with Gasteiger partial charge in [0.1, 0.15) is 11.6 Å². The number of rotatable bonds is 4. The molecular formula is C11H9BrF2O3. The Kier molecular flexibility index (Phi) is 4.74. The Morgan fingerprint density at radius 1 is 1.41 bits per heavy atom. The highest BCUT2D eigenvalue weighted by molar-refractivity contribution is 9.10. The van der Waals surface area contributed by atoms with E-state index in [4.69, 9.17) is 0 Å². The molecule has 0 fully saturated rings. The van der Waals surface area contributed by atoms with Crippen molar-refractivity contribution >= 4 is 27.7 Å². The summed E-state index contributed by atoms with van der Waals surface area (Å²) in [6.45, 7) is 1.67. The van der Waals surface area contributed by atoms with Gasteiger partial charge in [0.25, 0.3) is 0 Å². The third-order valence-corrected chi connectivity index (χ3v) is 2.71. The molecule has 0 bridgehead atoms. The first-order chi connectivity index (χ1) is 7.97. The second-order valence-corrected chi connectivity index (χ2v) is 4.02. The maximum atomic E-state index is 13.3. The minimum atomic E-state index is -1.33. The molecule has 1 rings (SSSR count). The zero-order valence-electron chi connectivity index (χ0n) is 8.88. The van der Waals surface area contributed by atoms with Gasteiger partial charge in [0.15, 0.2) is 10.6 Å². The van der Waals surface area contributed by atoms with Gasteiger partial charge in [-0.25, -0.2) is 8.78 Å². The lowest BCUT2D eigenvalue weighted by Gasteiger charge is -2.08. The van der Waals surface area contributed by atoms with E-state index in [-0.39, 0.29) is 6.61 Å². The Morgan fingerprint density at radius 3 is 2.65 bits per heavy atom. The highest BCUT2D eigenvalue weighted by atomic mass is 79.9. The molecule has 1 aromatic carbocycles. The Hall–Kier alpha value is -1.30. The summed E-state index contributed by atoms with van der Waals surface area (Å²) in [5.74, 6) is -3.34. The molecule has 0 unspecified atom stereocenters. The highest BCUT2D eigenvalue weighted by Gasteiger charge is 2.28.